The summed E-state index contributed by atoms with van der Waals surface area (Å²) in [6, 6.07) is -0.665. The Hall–Kier alpha value is -1.66. The van der Waals surface area contributed by atoms with Crippen LogP contribution >= 0.6 is 0 Å². The minimum absolute atomic E-state index is 0.0363. The Morgan fingerprint density at radius 2 is 0.814 bits per heavy atom. The van der Waals surface area contributed by atoms with Crippen LogP contribution in [-0.2, 0) is 14.3 Å². The zero-order valence-corrected chi connectivity index (χ0v) is 39.5. The molecule has 0 bridgehead atoms. The SMILES string of the molecule is CCCCCCCCCCCCCCCCCCCC/C=C/C(O)C(CO)NC(=O)CCC/C=C\CCCCCCOC(=O)CCCCCCCCCCCCCCC. The third-order valence-corrected chi connectivity index (χ3v) is 12.0. The first-order valence-electron chi connectivity index (χ1n) is 26.1. The average Bonchev–Trinajstić information content (AvgIpc) is 3.24. The van der Waals surface area contributed by atoms with Gasteiger partial charge < -0.3 is 20.3 Å². The zero-order chi connectivity index (χ0) is 43.0. The van der Waals surface area contributed by atoms with Crippen molar-refractivity contribution in [2.75, 3.05) is 13.2 Å². The van der Waals surface area contributed by atoms with Gasteiger partial charge in [0.25, 0.3) is 0 Å². The van der Waals surface area contributed by atoms with Crippen molar-refractivity contribution >= 4 is 11.9 Å². The smallest absolute Gasteiger partial charge is 0.305 e. The summed E-state index contributed by atoms with van der Waals surface area (Å²) in [6.07, 6.45) is 57.6. The molecule has 59 heavy (non-hydrogen) atoms. The van der Waals surface area contributed by atoms with Gasteiger partial charge in [-0.1, -0.05) is 237 Å². The van der Waals surface area contributed by atoms with E-state index in [9.17, 15) is 19.8 Å². The number of hydrogen-bond acceptors (Lipinski definition) is 5. The molecule has 0 aliphatic rings. The summed E-state index contributed by atoms with van der Waals surface area (Å²) in [6.45, 7) is 4.82. The number of carbonyl (C=O) groups is 2. The Morgan fingerprint density at radius 1 is 0.458 bits per heavy atom. The van der Waals surface area contributed by atoms with E-state index in [0.29, 0.717) is 19.4 Å². The maximum Gasteiger partial charge on any atom is 0.305 e. The lowest BCUT2D eigenvalue weighted by Crippen LogP contribution is -2.45. The van der Waals surface area contributed by atoms with E-state index in [4.69, 9.17) is 4.74 Å². The van der Waals surface area contributed by atoms with Crippen LogP contribution in [0.1, 0.15) is 277 Å². The molecular formula is C53H101NO5. The molecule has 6 heteroatoms. The second kappa shape index (κ2) is 49.0. The van der Waals surface area contributed by atoms with Crippen LogP contribution < -0.4 is 5.32 Å². The number of unbranched alkanes of at least 4 members (excludes halogenated alkanes) is 35. The van der Waals surface area contributed by atoms with E-state index in [2.05, 4.69) is 31.3 Å². The molecule has 348 valence electrons. The van der Waals surface area contributed by atoms with Crippen molar-refractivity contribution in [3.05, 3.63) is 24.3 Å². The monoisotopic (exact) mass is 832 g/mol. The van der Waals surface area contributed by atoms with Crippen molar-refractivity contribution in [2.24, 2.45) is 0 Å². The summed E-state index contributed by atoms with van der Waals surface area (Å²) in [5, 5.41) is 23.1. The summed E-state index contributed by atoms with van der Waals surface area (Å²) in [5.41, 5.74) is 0. The number of carbonyl (C=O) groups excluding carboxylic acids is 2. The van der Waals surface area contributed by atoms with Crippen LogP contribution in [0.5, 0.6) is 0 Å². The third-order valence-electron chi connectivity index (χ3n) is 12.0. The molecule has 0 fully saturated rings. The minimum atomic E-state index is -0.875. The minimum Gasteiger partial charge on any atom is -0.466 e. The summed E-state index contributed by atoms with van der Waals surface area (Å²) in [7, 11) is 0. The van der Waals surface area contributed by atoms with E-state index in [1.54, 1.807) is 6.08 Å². The van der Waals surface area contributed by atoms with Gasteiger partial charge in [-0.15, -0.1) is 0 Å². The zero-order valence-electron chi connectivity index (χ0n) is 39.5. The molecule has 0 saturated heterocycles. The first-order valence-corrected chi connectivity index (χ1v) is 26.1. The molecule has 0 radical (unpaired) electrons. The van der Waals surface area contributed by atoms with Crippen molar-refractivity contribution in [3.8, 4) is 0 Å². The summed E-state index contributed by atoms with van der Waals surface area (Å²) >= 11 is 0. The fraction of sp³-hybridized carbons (Fsp3) is 0.887. The summed E-state index contributed by atoms with van der Waals surface area (Å²) < 4.78 is 5.43. The molecule has 0 aliphatic heterocycles. The standard InChI is InChI=1S/C53H101NO5/c1-3-5-7-9-11-13-15-17-18-19-20-21-22-23-25-26-29-33-37-41-45-51(56)50(49-55)54-52(57)46-42-38-34-30-28-32-36-40-44-48-59-53(58)47-43-39-35-31-27-24-16-14-12-10-8-6-4-2/h30,34,41,45,50-51,55-56H,3-29,31-33,35-40,42-44,46-49H2,1-2H3,(H,54,57)/b34-30-,45-41+. The van der Waals surface area contributed by atoms with E-state index in [-0.39, 0.29) is 18.5 Å². The highest BCUT2D eigenvalue weighted by Gasteiger charge is 2.17. The molecule has 0 saturated carbocycles. The van der Waals surface area contributed by atoms with Gasteiger partial charge in [0.2, 0.25) is 5.91 Å². The molecule has 0 aromatic carbocycles. The number of ether oxygens (including phenoxy) is 1. The summed E-state index contributed by atoms with van der Waals surface area (Å²) in [4.78, 5) is 24.4. The number of nitrogens with one attached hydrogen (secondary N) is 1. The molecule has 0 aromatic rings. The topological polar surface area (TPSA) is 95.9 Å². The maximum absolute atomic E-state index is 12.4. The number of aliphatic hydroxyl groups is 2. The van der Waals surface area contributed by atoms with Crippen molar-refractivity contribution in [1.29, 1.82) is 0 Å². The fourth-order valence-corrected chi connectivity index (χ4v) is 7.93. The van der Waals surface area contributed by atoms with Gasteiger partial charge >= 0.3 is 5.97 Å². The fourth-order valence-electron chi connectivity index (χ4n) is 7.93. The molecule has 0 rings (SSSR count). The van der Waals surface area contributed by atoms with Crippen LogP contribution in [0.2, 0.25) is 0 Å². The Kier molecular flexibility index (Phi) is 47.6. The lowest BCUT2D eigenvalue weighted by Gasteiger charge is -2.19. The predicted octanol–water partition coefficient (Wildman–Crippen LogP) is 15.5. The quantitative estimate of drug-likeness (QED) is 0.0322. The number of aliphatic hydroxyl groups excluding tert-OH is 2. The van der Waals surface area contributed by atoms with Crippen molar-refractivity contribution in [3.63, 3.8) is 0 Å². The van der Waals surface area contributed by atoms with Gasteiger partial charge in [0.1, 0.15) is 0 Å². The lowest BCUT2D eigenvalue weighted by molar-refractivity contribution is -0.143. The number of esters is 1. The number of rotatable bonds is 48. The van der Waals surface area contributed by atoms with Gasteiger partial charge in [-0.2, -0.15) is 0 Å². The van der Waals surface area contributed by atoms with Gasteiger partial charge in [-0.05, 0) is 51.4 Å². The van der Waals surface area contributed by atoms with Gasteiger partial charge in [0.05, 0.1) is 25.4 Å². The Labute approximate surface area is 367 Å². The average molecular weight is 832 g/mol. The van der Waals surface area contributed by atoms with Crippen LogP contribution in [-0.4, -0.2) is 47.4 Å². The Morgan fingerprint density at radius 3 is 1.24 bits per heavy atom. The van der Waals surface area contributed by atoms with Crippen LogP contribution in [0, 0.1) is 0 Å². The first-order chi connectivity index (χ1) is 29.0. The highest BCUT2D eigenvalue weighted by atomic mass is 16.5. The highest BCUT2D eigenvalue weighted by Crippen LogP contribution is 2.16. The van der Waals surface area contributed by atoms with E-state index < -0.39 is 12.1 Å². The normalized spacial score (nSPS) is 12.8. The van der Waals surface area contributed by atoms with Crippen LogP contribution in [0.3, 0.4) is 0 Å². The predicted molar refractivity (Wildman–Crippen MR) is 255 cm³/mol. The van der Waals surface area contributed by atoms with Gasteiger partial charge in [0, 0.05) is 12.8 Å². The molecule has 0 spiro atoms. The van der Waals surface area contributed by atoms with E-state index in [1.807, 2.05) is 6.08 Å². The molecule has 0 aromatic heterocycles. The molecule has 2 atom stereocenters. The third kappa shape index (κ3) is 45.7. The van der Waals surface area contributed by atoms with Crippen LogP contribution in [0.15, 0.2) is 24.3 Å². The molecule has 0 aliphatic carbocycles. The summed E-state index contributed by atoms with van der Waals surface area (Å²) in [5.74, 6) is -0.163. The molecule has 0 heterocycles. The first kappa shape index (κ1) is 57.3. The number of allylic oxidation sites excluding steroid dienone is 3. The van der Waals surface area contributed by atoms with Gasteiger partial charge in [-0.25, -0.2) is 0 Å². The largest absolute Gasteiger partial charge is 0.466 e. The molecular weight excluding hydrogens is 731 g/mol. The number of amides is 1. The number of hydrogen-bond donors (Lipinski definition) is 3. The Balaban J connectivity index is 3.57. The van der Waals surface area contributed by atoms with Gasteiger partial charge in [0.15, 0.2) is 0 Å². The molecule has 1 amide bonds. The molecule has 6 nitrogen and oxygen atoms in total. The second-order valence-corrected chi connectivity index (χ2v) is 17.9. The van der Waals surface area contributed by atoms with E-state index in [0.717, 1.165) is 70.6 Å². The highest BCUT2D eigenvalue weighted by molar-refractivity contribution is 5.76. The van der Waals surface area contributed by atoms with Crippen molar-refractivity contribution < 1.29 is 24.5 Å². The molecule has 3 N–H and O–H groups in total. The molecule has 2 unspecified atom stereocenters. The maximum atomic E-state index is 12.4. The van der Waals surface area contributed by atoms with E-state index in [1.165, 1.54) is 180 Å². The van der Waals surface area contributed by atoms with Crippen molar-refractivity contribution in [1.82, 2.24) is 5.32 Å². The van der Waals surface area contributed by atoms with E-state index >= 15 is 0 Å². The Bertz CT molecular complexity index is 920. The van der Waals surface area contributed by atoms with Crippen molar-refractivity contribution in [2.45, 2.75) is 289 Å². The van der Waals surface area contributed by atoms with Gasteiger partial charge in [-0.3, -0.25) is 9.59 Å². The van der Waals surface area contributed by atoms with Crippen LogP contribution in [0.4, 0.5) is 0 Å². The second-order valence-electron chi connectivity index (χ2n) is 17.9. The lowest BCUT2D eigenvalue weighted by atomic mass is 10.0. The van der Waals surface area contributed by atoms with Crippen LogP contribution in [0.25, 0.3) is 0 Å².